The Hall–Kier alpha value is -3.79. The molecule has 0 radical (unpaired) electrons. The van der Waals surface area contributed by atoms with Gasteiger partial charge in [0, 0.05) is 43.9 Å². The Bertz CT molecular complexity index is 1820. The van der Waals surface area contributed by atoms with Crippen LogP contribution < -0.4 is 16.2 Å². The van der Waals surface area contributed by atoms with E-state index in [9.17, 15) is 9.36 Å². The first-order valence-electron chi connectivity index (χ1n) is 11.9. The van der Waals surface area contributed by atoms with E-state index in [2.05, 4.69) is 20.9 Å². The Morgan fingerprint density at radius 2 is 1.41 bits per heavy atom. The molecular weight excluding hydrogens is 543 g/mol. The van der Waals surface area contributed by atoms with Gasteiger partial charge < -0.3 is 4.57 Å². The van der Waals surface area contributed by atoms with Gasteiger partial charge in [-0.05, 0) is 35.7 Å². The molecule has 0 saturated heterocycles. The highest BCUT2D eigenvalue weighted by Crippen LogP contribution is 2.47. The minimum atomic E-state index is -3.15. The van der Waals surface area contributed by atoms with Crippen molar-refractivity contribution in [3.8, 4) is 5.69 Å². The predicted octanol–water partition coefficient (Wildman–Crippen LogP) is 6.82. The Balaban J connectivity index is 1.68. The van der Waals surface area contributed by atoms with Crippen molar-refractivity contribution < 1.29 is 4.57 Å². The third-order valence-corrected chi connectivity index (χ3v) is 10.2. The second-order valence-corrected chi connectivity index (χ2v) is 12.7. The van der Waals surface area contributed by atoms with E-state index in [4.69, 9.17) is 0 Å². The lowest BCUT2D eigenvalue weighted by atomic mass is 10.1. The number of benzene rings is 4. The van der Waals surface area contributed by atoms with Crippen molar-refractivity contribution in [3.05, 3.63) is 142 Å². The van der Waals surface area contributed by atoms with Crippen LogP contribution in [0.15, 0.2) is 131 Å². The summed E-state index contributed by atoms with van der Waals surface area (Å²) in [6.07, 6.45) is 1.92. The molecule has 180 valence electrons. The molecule has 6 rings (SSSR count). The Labute approximate surface area is 222 Å². The molecule has 6 heteroatoms. The summed E-state index contributed by atoms with van der Waals surface area (Å²) in [6, 6.07) is 36.5. The molecule has 0 aliphatic heterocycles. The van der Waals surface area contributed by atoms with Crippen molar-refractivity contribution in [2.75, 3.05) is 0 Å². The van der Waals surface area contributed by atoms with Crippen molar-refractivity contribution in [1.29, 1.82) is 0 Å². The van der Waals surface area contributed by atoms with Gasteiger partial charge in [0.1, 0.15) is 7.14 Å². The second-order valence-electron chi connectivity index (χ2n) is 8.93. The Morgan fingerprint density at radius 1 is 0.730 bits per heavy atom. The van der Waals surface area contributed by atoms with Crippen LogP contribution in [-0.4, -0.2) is 9.55 Å². The molecule has 0 saturated carbocycles. The molecule has 0 spiro atoms. The van der Waals surface area contributed by atoms with Crippen molar-refractivity contribution in [3.63, 3.8) is 0 Å². The van der Waals surface area contributed by atoms with E-state index in [1.54, 1.807) is 10.8 Å². The smallest absolute Gasteiger partial charge is 0.263 e. The molecule has 4 aromatic carbocycles. The Morgan fingerprint density at radius 3 is 2.11 bits per heavy atom. The summed E-state index contributed by atoms with van der Waals surface area (Å²) in [7, 11) is -3.15. The Kier molecular flexibility index (Phi) is 6.11. The summed E-state index contributed by atoms with van der Waals surface area (Å²) >= 11 is 3.51. The van der Waals surface area contributed by atoms with E-state index >= 15 is 0 Å². The van der Waals surface area contributed by atoms with Crippen LogP contribution in [0.25, 0.3) is 27.4 Å². The SMILES string of the molecule is O=c1c2cc(Br)ccc2cc(CP(=O)(c2ccccc2)c2ccccc2)n1-c1cccc2cccnc12. The van der Waals surface area contributed by atoms with Gasteiger partial charge in [0.05, 0.1) is 11.2 Å². The molecule has 0 bridgehead atoms. The summed E-state index contributed by atoms with van der Waals surface area (Å²) in [5, 5.41) is 3.83. The molecule has 2 aromatic heterocycles. The van der Waals surface area contributed by atoms with Crippen LogP contribution in [0.2, 0.25) is 0 Å². The lowest BCUT2D eigenvalue weighted by Gasteiger charge is -2.23. The van der Waals surface area contributed by atoms with Crippen LogP contribution >= 0.6 is 23.1 Å². The first-order chi connectivity index (χ1) is 18.0. The van der Waals surface area contributed by atoms with Gasteiger partial charge >= 0.3 is 0 Å². The third-order valence-electron chi connectivity index (χ3n) is 6.64. The summed E-state index contributed by atoms with van der Waals surface area (Å²) in [6.45, 7) is 0. The standard InChI is InChI=1S/C31H22BrN2O2P/c32-24-17-16-23-19-25(21-37(36,26-11-3-1-4-12-26)27-13-5-2-6-14-27)34(31(35)28(23)20-24)29-15-7-9-22-10-8-18-33-30(22)29/h1-20H,21H2. The molecule has 0 amide bonds. The van der Waals surface area contributed by atoms with Crippen LogP contribution in [0.5, 0.6) is 0 Å². The quantitative estimate of drug-likeness (QED) is 0.216. The zero-order valence-corrected chi connectivity index (χ0v) is 22.3. The molecule has 4 nitrogen and oxygen atoms in total. The number of hydrogen-bond acceptors (Lipinski definition) is 3. The molecule has 0 atom stereocenters. The van der Waals surface area contributed by atoms with Gasteiger partial charge in [-0.3, -0.25) is 14.3 Å². The minimum absolute atomic E-state index is 0.167. The molecule has 6 aromatic rings. The molecular formula is C31H22BrN2O2P. The van der Waals surface area contributed by atoms with Gasteiger partial charge in [0.25, 0.3) is 5.56 Å². The average molecular weight is 565 g/mol. The number of fused-ring (bicyclic) bond motifs is 2. The van der Waals surface area contributed by atoms with Gasteiger partial charge in [0.2, 0.25) is 0 Å². The largest absolute Gasteiger partial charge is 0.313 e. The van der Waals surface area contributed by atoms with Crippen LogP contribution in [-0.2, 0) is 10.7 Å². The van der Waals surface area contributed by atoms with Crippen LogP contribution in [0.1, 0.15) is 5.69 Å². The fourth-order valence-corrected chi connectivity index (χ4v) is 7.90. The van der Waals surface area contributed by atoms with Crippen molar-refractivity contribution >= 4 is 55.4 Å². The fourth-order valence-electron chi connectivity index (χ4n) is 4.88. The van der Waals surface area contributed by atoms with Crippen LogP contribution in [0.4, 0.5) is 0 Å². The van der Waals surface area contributed by atoms with E-state index in [1.165, 1.54) is 0 Å². The topological polar surface area (TPSA) is 52.0 Å². The number of hydrogen-bond donors (Lipinski definition) is 0. The minimum Gasteiger partial charge on any atom is -0.313 e. The van der Waals surface area contributed by atoms with Gasteiger partial charge in [-0.1, -0.05) is 101 Å². The van der Waals surface area contributed by atoms with Gasteiger partial charge in [-0.25, -0.2) is 0 Å². The van der Waals surface area contributed by atoms with Crippen molar-refractivity contribution in [2.45, 2.75) is 6.16 Å². The molecule has 2 heterocycles. The highest BCUT2D eigenvalue weighted by atomic mass is 79.9. The molecule has 37 heavy (non-hydrogen) atoms. The molecule has 0 aliphatic rings. The highest BCUT2D eigenvalue weighted by Gasteiger charge is 2.30. The first kappa shape index (κ1) is 23.6. The van der Waals surface area contributed by atoms with E-state index in [0.29, 0.717) is 16.8 Å². The maximum atomic E-state index is 15.0. The van der Waals surface area contributed by atoms with Crippen LogP contribution in [0.3, 0.4) is 0 Å². The lowest BCUT2D eigenvalue weighted by molar-refractivity contribution is 0.585. The average Bonchev–Trinajstić information content (AvgIpc) is 2.94. The predicted molar refractivity (Wildman–Crippen MR) is 156 cm³/mol. The fraction of sp³-hybridized carbons (Fsp3) is 0.0323. The van der Waals surface area contributed by atoms with E-state index in [0.717, 1.165) is 31.4 Å². The number of rotatable bonds is 5. The van der Waals surface area contributed by atoms with Crippen molar-refractivity contribution in [1.82, 2.24) is 9.55 Å². The molecule has 0 aliphatic carbocycles. The summed E-state index contributed by atoms with van der Waals surface area (Å²) in [5.74, 6) is 0. The maximum absolute atomic E-state index is 15.0. The zero-order chi connectivity index (χ0) is 25.4. The third kappa shape index (κ3) is 4.25. The van der Waals surface area contributed by atoms with E-state index in [-0.39, 0.29) is 11.7 Å². The number of aromatic nitrogens is 2. The molecule has 0 fully saturated rings. The monoisotopic (exact) mass is 564 g/mol. The summed E-state index contributed by atoms with van der Waals surface area (Å²) in [4.78, 5) is 18.7. The maximum Gasteiger partial charge on any atom is 0.263 e. The lowest BCUT2D eigenvalue weighted by Crippen LogP contribution is -2.25. The summed E-state index contributed by atoms with van der Waals surface area (Å²) in [5.41, 5.74) is 1.90. The molecule has 0 N–H and O–H groups in total. The number of nitrogens with zero attached hydrogens (tertiary/aromatic N) is 2. The van der Waals surface area contributed by atoms with Gasteiger partial charge in [-0.15, -0.1) is 0 Å². The summed E-state index contributed by atoms with van der Waals surface area (Å²) < 4.78 is 17.5. The molecule has 0 unspecified atom stereocenters. The zero-order valence-electron chi connectivity index (χ0n) is 19.8. The van der Waals surface area contributed by atoms with E-state index < -0.39 is 7.14 Å². The van der Waals surface area contributed by atoms with Gasteiger partial charge in [-0.2, -0.15) is 0 Å². The number of halogens is 1. The first-order valence-corrected chi connectivity index (χ1v) is 14.6. The van der Waals surface area contributed by atoms with Crippen molar-refractivity contribution in [2.24, 2.45) is 0 Å². The number of para-hydroxylation sites is 1. The highest BCUT2D eigenvalue weighted by molar-refractivity contribution is 9.10. The number of pyridine rings is 2. The van der Waals surface area contributed by atoms with Crippen LogP contribution in [0, 0.1) is 0 Å². The second kappa shape index (κ2) is 9.59. The normalized spacial score (nSPS) is 11.7. The van der Waals surface area contributed by atoms with Gasteiger partial charge in [0.15, 0.2) is 0 Å². The van der Waals surface area contributed by atoms with E-state index in [1.807, 2.05) is 115 Å².